The first-order chi connectivity index (χ1) is 11.6. The van der Waals surface area contributed by atoms with Crippen molar-refractivity contribution in [1.29, 1.82) is 0 Å². The van der Waals surface area contributed by atoms with E-state index in [-0.39, 0.29) is 18.2 Å². The van der Waals surface area contributed by atoms with Crippen LogP contribution in [0.5, 0.6) is 0 Å². The number of hydrogen-bond acceptors (Lipinski definition) is 5. The summed E-state index contributed by atoms with van der Waals surface area (Å²) in [7, 11) is 0. The van der Waals surface area contributed by atoms with Crippen LogP contribution < -0.4 is 5.32 Å². The van der Waals surface area contributed by atoms with Crippen molar-refractivity contribution in [2.75, 3.05) is 11.5 Å². The Morgan fingerprint density at radius 3 is 2.46 bits per heavy atom. The van der Waals surface area contributed by atoms with Crippen LogP contribution in [0.15, 0.2) is 40.8 Å². The number of carboxylic acids is 1. The van der Waals surface area contributed by atoms with Crippen LogP contribution in [0.1, 0.15) is 43.2 Å². The molecular formula is C17H17NO4S2. The minimum absolute atomic E-state index is 0.133. The Kier molecular flexibility index (Phi) is 5.52. The van der Waals surface area contributed by atoms with Crippen LogP contribution in [0.4, 0.5) is 0 Å². The fourth-order valence-electron chi connectivity index (χ4n) is 2.33. The summed E-state index contributed by atoms with van der Waals surface area (Å²) in [5.74, 6) is 1.31. The van der Waals surface area contributed by atoms with Gasteiger partial charge >= 0.3 is 5.97 Å². The van der Waals surface area contributed by atoms with Crippen LogP contribution in [0.3, 0.4) is 0 Å². The van der Waals surface area contributed by atoms with Crippen LogP contribution >= 0.6 is 23.5 Å². The fraction of sp³-hybridized carbons (Fsp3) is 0.294. The Hall–Kier alpha value is -1.86. The van der Waals surface area contributed by atoms with Crippen molar-refractivity contribution in [1.82, 2.24) is 5.32 Å². The second-order valence-electron chi connectivity index (χ2n) is 5.30. The van der Waals surface area contributed by atoms with Crippen molar-refractivity contribution < 1.29 is 19.1 Å². The molecule has 0 unspecified atom stereocenters. The quantitative estimate of drug-likeness (QED) is 0.842. The molecule has 0 saturated carbocycles. The molecule has 3 rings (SSSR count). The van der Waals surface area contributed by atoms with Crippen molar-refractivity contribution in [2.24, 2.45) is 0 Å². The predicted molar refractivity (Wildman–Crippen MR) is 95.6 cm³/mol. The van der Waals surface area contributed by atoms with E-state index in [1.54, 1.807) is 6.07 Å². The smallest absolute Gasteiger partial charge is 0.371 e. The van der Waals surface area contributed by atoms with Crippen LogP contribution in [0.2, 0.25) is 0 Å². The molecule has 0 aliphatic carbocycles. The van der Waals surface area contributed by atoms with Gasteiger partial charge in [0.2, 0.25) is 5.76 Å². The average Bonchev–Trinajstić information content (AvgIpc) is 3.10. The van der Waals surface area contributed by atoms with Gasteiger partial charge in [0, 0.05) is 5.56 Å². The topological polar surface area (TPSA) is 79.5 Å². The van der Waals surface area contributed by atoms with Gasteiger partial charge in [-0.2, -0.15) is 0 Å². The molecule has 0 bridgehead atoms. The standard InChI is InChI=1S/C17H17NO4S2/c19-15(18-10-13-6-7-14(22-13)16(20)21)11-2-4-12(5-3-11)17-23-8-1-9-24-17/h2-7,17H,1,8-10H2,(H,18,19)(H,20,21). The second-order valence-corrected chi connectivity index (χ2v) is 8.03. The van der Waals surface area contributed by atoms with E-state index in [0.29, 0.717) is 15.9 Å². The maximum atomic E-state index is 12.2. The minimum atomic E-state index is -1.12. The number of furan rings is 1. The summed E-state index contributed by atoms with van der Waals surface area (Å²) in [5, 5.41) is 11.5. The zero-order valence-corrected chi connectivity index (χ0v) is 14.5. The Bertz CT molecular complexity index is 720. The maximum absolute atomic E-state index is 12.2. The van der Waals surface area contributed by atoms with Crippen molar-refractivity contribution >= 4 is 35.4 Å². The maximum Gasteiger partial charge on any atom is 0.371 e. The molecule has 1 aliphatic rings. The van der Waals surface area contributed by atoms with Crippen molar-refractivity contribution in [2.45, 2.75) is 17.5 Å². The first-order valence-corrected chi connectivity index (χ1v) is 9.66. The van der Waals surface area contributed by atoms with Gasteiger partial charge in [0.05, 0.1) is 11.1 Å². The molecule has 2 heterocycles. The molecule has 1 saturated heterocycles. The summed E-state index contributed by atoms with van der Waals surface area (Å²) < 4.78 is 5.56. The van der Waals surface area contributed by atoms with Crippen molar-refractivity contribution in [3.8, 4) is 0 Å². The lowest BCUT2D eigenvalue weighted by Gasteiger charge is -2.21. The molecule has 1 aromatic heterocycles. The van der Waals surface area contributed by atoms with Gasteiger partial charge in [0.25, 0.3) is 5.91 Å². The largest absolute Gasteiger partial charge is 0.475 e. The summed E-state index contributed by atoms with van der Waals surface area (Å²) in [5.41, 5.74) is 1.81. The molecule has 2 N–H and O–H groups in total. The zero-order chi connectivity index (χ0) is 16.9. The molecule has 24 heavy (non-hydrogen) atoms. The van der Waals surface area contributed by atoms with Crippen molar-refractivity contribution in [3.05, 3.63) is 59.0 Å². The van der Waals surface area contributed by atoms with E-state index in [9.17, 15) is 9.59 Å². The third-order valence-electron chi connectivity index (χ3n) is 3.57. The summed E-state index contributed by atoms with van der Waals surface area (Å²) >= 11 is 3.89. The molecule has 126 valence electrons. The molecule has 2 aromatic rings. The molecule has 5 nitrogen and oxygen atoms in total. The van der Waals surface area contributed by atoms with E-state index in [4.69, 9.17) is 9.52 Å². The van der Waals surface area contributed by atoms with Crippen molar-refractivity contribution in [3.63, 3.8) is 0 Å². The third-order valence-corrected chi connectivity index (χ3v) is 6.58. The first-order valence-electron chi connectivity index (χ1n) is 7.57. The van der Waals surface area contributed by atoms with Gasteiger partial charge in [-0.25, -0.2) is 4.79 Å². The normalized spacial score (nSPS) is 15.2. The number of nitrogens with one attached hydrogen (secondary N) is 1. The highest BCUT2D eigenvalue weighted by Crippen LogP contribution is 2.43. The third kappa shape index (κ3) is 4.15. The Balaban J connectivity index is 1.57. The summed E-state index contributed by atoms with van der Waals surface area (Å²) in [6, 6.07) is 10.6. The van der Waals surface area contributed by atoms with E-state index >= 15 is 0 Å². The molecule has 1 amide bonds. The van der Waals surface area contributed by atoms with Gasteiger partial charge in [-0.1, -0.05) is 12.1 Å². The van der Waals surface area contributed by atoms with Gasteiger partial charge in [-0.05, 0) is 47.8 Å². The average molecular weight is 363 g/mol. The van der Waals surface area contributed by atoms with Crippen LogP contribution in [-0.4, -0.2) is 28.5 Å². The lowest BCUT2D eigenvalue weighted by Crippen LogP contribution is -2.22. The Labute approximate surface area is 148 Å². The lowest BCUT2D eigenvalue weighted by atomic mass is 10.1. The van der Waals surface area contributed by atoms with E-state index in [0.717, 1.165) is 0 Å². The first kappa shape index (κ1) is 17.0. The highest BCUT2D eigenvalue weighted by Gasteiger charge is 2.17. The summed E-state index contributed by atoms with van der Waals surface area (Å²) in [6.45, 7) is 0.155. The number of hydrogen-bond donors (Lipinski definition) is 2. The number of aromatic carboxylic acids is 1. The minimum Gasteiger partial charge on any atom is -0.475 e. The predicted octanol–water partition coefficient (Wildman–Crippen LogP) is 3.78. The lowest BCUT2D eigenvalue weighted by molar-refractivity contribution is 0.0660. The number of amides is 1. The second kappa shape index (κ2) is 7.81. The number of benzene rings is 1. The molecule has 0 radical (unpaired) electrons. The number of rotatable bonds is 5. The zero-order valence-electron chi connectivity index (χ0n) is 12.9. The SMILES string of the molecule is O=C(NCc1ccc(C(=O)O)o1)c1ccc(C2SCCCS2)cc1. The molecule has 7 heteroatoms. The van der Waals surface area contributed by atoms with Gasteiger partial charge in [-0.3, -0.25) is 4.79 Å². The number of carboxylic acid groups (broad SMARTS) is 1. The van der Waals surface area contributed by atoms with E-state index < -0.39 is 5.97 Å². The van der Waals surface area contributed by atoms with Gasteiger partial charge in [0.15, 0.2) is 0 Å². The monoisotopic (exact) mass is 363 g/mol. The molecule has 1 aromatic carbocycles. The van der Waals surface area contributed by atoms with Crippen LogP contribution in [0, 0.1) is 0 Å². The molecule has 0 atom stereocenters. The van der Waals surface area contributed by atoms with Gasteiger partial charge in [0.1, 0.15) is 5.76 Å². The molecule has 1 aliphatic heterocycles. The fourth-order valence-corrected chi connectivity index (χ4v) is 5.22. The van der Waals surface area contributed by atoms with E-state index in [1.807, 2.05) is 47.8 Å². The van der Waals surface area contributed by atoms with E-state index in [2.05, 4.69) is 5.32 Å². The number of carbonyl (C=O) groups is 2. The highest BCUT2D eigenvalue weighted by atomic mass is 32.2. The Morgan fingerprint density at radius 1 is 1.12 bits per heavy atom. The molecular weight excluding hydrogens is 346 g/mol. The molecule has 0 spiro atoms. The summed E-state index contributed by atoms with van der Waals surface area (Å²) in [4.78, 5) is 22.9. The summed E-state index contributed by atoms with van der Waals surface area (Å²) in [6.07, 6.45) is 1.25. The van der Waals surface area contributed by atoms with E-state index in [1.165, 1.54) is 29.6 Å². The Morgan fingerprint density at radius 2 is 1.83 bits per heavy atom. The number of thioether (sulfide) groups is 2. The van der Waals surface area contributed by atoms with Gasteiger partial charge < -0.3 is 14.8 Å². The number of carbonyl (C=O) groups excluding carboxylic acids is 1. The van der Waals surface area contributed by atoms with Crippen LogP contribution in [0.25, 0.3) is 0 Å². The highest BCUT2D eigenvalue weighted by molar-refractivity contribution is 8.16. The van der Waals surface area contributed by atoms with Gasteiger partial charge in [-0.15, -0.1) is 23.5 Å². The van der Waals surface area contributed by atoms with Crippen LogP contribution in [-0.2, 0) is 6.54 Å². The molecule has 1 fully saturated rings.